The van der Waals surface area contributed by atoms with Crippen LogP contribution in [0.3, 0.4) is 0 Å². The van der Waals surface area contributed by atoms with Crippen LogP contribution in [0.5, 0.6) is 0 Å². The van der Waals surface area contributed by atoms with E-state index in [1.807, 2.05) is 19.2 Å². The van der Waals surface area contributed by atoms with Gasteiger partial charge in [0.15, 0.2) is 5.96 Å². The second-order valence-corrected chi connectivity index (χ2v) is 8.30. The maximum absolute atomic E-state index is 6.17. The van der Waals surface area contributed by atoms with Gasteiger partial charge in [0.2, 0.25) is 0 Å². The van der Waals surface area contributed by atoms with E-state index >= 15 is 0 Å². The Hall–Kier alpha value is -0.790. The molecule has 27 heavy (non-hydrogen) atoms. The Kier molecular flexibility index (Phi) is 8.43. The second-order valence-electron chi connectivity index (χ2n) is 7.87. The van der Waals surface area contributed by atoms with Gasteiger partial charge in [-0.25, -0.2) is 0 Å². The van der Waals surface area contributed by atoms with Gasteiger partial charge in [0.25, 0.3) is 0 Å². The Morgan fingerprint density at radius 3 is 2.59 bits per heavy atom. The Morgan fingerprint density at radius 1 is 1.33 bits per heavy atom. The molecule has 2 fully saturated rings. The number of benzene rings is 1. The highest BCUT2D eigenvalue weighted by atomic mass is 127. The number of hydrogen-bond acceptors (Lipinski definition) is 2. The van der Waals surface area contributed by atoms with Gasteiger partial charge in [0, 0.05) is 49.7 Å². The van der Waals surface area contributed by atoms with Crippen LogP contribution in [0.25, 0.3) is 0 Å². The van der Waals surface area contributed by atoms with Crippen molar-refractivity contribution in [1.29, 1.82) is 0 Å². The zero-order valence-corrected chi connectivity index (χ0v) is 19.5. The van der Waals surface area contributed by atoms with Crippen LogP contribution >= 0.6 is 35.6 Å². The van der Waals surface area contributed by atoms with Crippen LogP contribution in [0.15, 0.2) is 41.4 Å². The molecule has 2 aliphatic rings. The molecule has 6 heteroatoms. The van der Waals surface area contributed by atoms with Gasteiger partial charge in [-0.3, -0.25) is 9.89 Å². The molecule has 0 unspecified atom stereocenters. The van der Waals surface area contributed by atoms with Crippen LogP contribution in [0.1, 0.15) is 38.2 Å². The fourth-order valence-electron chi connectivity index (χ4n) is 3.79. The molecule has 0 aromatic heterocycles. The maximum atomic E-state index is 6.17. The molecule has 2 N–H and O–H groups in total. The summed E-state index contributed by atoms with van der Waals surface area (Å²) in [6.07, 6.45) is 4.70. The Bertz CT molecular complexity index is 664. The average molecular weight is 503 g/mol. The van der Waals surface area contributed by atoms with Crippen LogP contribution in [-0.2, 0) is 5.41 Å². The van der Waals surface area contributed by atoms with E-state index in [1.54, 1.807) is 0 Å². The van der Waals surface area contributed by atoms with Crippen molar-refractivity contribution < 1.29 is 0 Å². The molecule has 0 spiro atoms. The van der Waals surface area contributed by atoms with Crippen molar-refractivity contribution in [2.75, 3.05) is 33.2 Å². The van der Waals surface area contributed by atoms with Crippen molar-refractivity contribution in [2.45, 2.75) is 44.1 Å². The molecule has 1 aromatic carbocycles. The average Bonchev–Trinajstić information content (AvgIpc) is 3.41. The number of likely N-dealkylation sites (tertiary alicyclic amines) is 1. The van der Waals surface area contributed by atoms with E-state index in [0.29, 0.717) is 6.04 Å². The van der Waals surface area contributed by atoms with E-state index in [2.05, 4.69) is 46.2 Å². The minimum Gasteiger partial charge on any atom is -0.356 e. The van der Waals surface area contributed by atoms with Crippen molar-refractivity contribution >= 4 is 41.5 Å². The Morgan fingerprint density at radius 2 is 2.04 bits per heavy atom. The van der Waals surface area contributed by atoms with Crippen molar-refractivity contribution in [3.8, 4) is 0 Å². The number of guanidine groups is 1. The molecule has 0 atom stereocenters. The number of nitrogens with one attached hydrogen (secondary N) is 2. The summed E-state index contributed by atoms with van der Waals surface area (Å²) in [4.78, 5) is 6.91. The fourth-order valence-corrected chi connectivity index (χ4v) is 3.99. The first kappa shape index (κ1) is 22.5. The predicted octanol–water partition coefficient (Wildman–Crippen LogP) is 4.20. The van der Waals surface area contributed by atoms with Gasteiger partial charge in [-0.05, 0) is 50.3 Å². The first-order valence-electron chi connectivity index (χ1n) is 9.61. The smallest absolute Gasteiger partial charge is 0.191 e. The normalized spacial score (nSPS) is 19.9. The molecule has 1 saturated carbocycles. The minimum absolute atomic E-state index is 0. The van der Waals surface area contributed by atoms with E-state index < -0.39 is 0 Å². The zero-order valence-electron chi connectivity index (χ0n) is 16.4. The number of piperidine rings is 1. The summed E-state index contributed by atoms with van der Waals surface area (Å²) in [6.45, 7) is 10.3. The minimum atomic E-state index is 0. The second kappa shape index (κ2) is 10.1. The van der Waals surface area contributed by atoms with Gasteiger partial charge in [0.05, 0.1) is 0 Å². The number of rotatable bonds is 6. The molecule has 0 bridgehead atoms. The van der Waals surface area contributed by atoms with Crippen molar-refractivity contribution in [3.05, 3.63) is 47.0 Å². The van der Waals surface area contributed by atoms with Crippen molar-refractivity contribution in [1.82, 2.24) is 15.5 Å². The van der Waals surface area contributed by atoms with Gasteiger partial charge in [-0.2, -0.15) is 0 Å². The summed E-state index contributed by atoms with van der Waals surface area (Å²) < 4.78 is 0. The maximum Gasteiger partial charge on any atom is 0.191 e. The summed E-state index contributed by atoms with van der Waals surface area (Å²) in [7, 11) is 1.85. The van der Waals surface area contributed by atoms with Crippen LogP contribution in [0, 0.1) is 0 Å². The fraction of sp³-hybridized carbons (Fsp3) is 0.571. The van der Waals surface area contributed by atoms with E-state index in [-0.39, 0.29) is 29.4 Å². The molecule has 150 valence electrons. The highest BCUT2D eigenvalue weighted by molar-refractivity contribution is 14.0. The monoisotopic (exact) mass is 502 g/mol. The standard InChI is InChI=1S/C21H31ClN4.HI/c1-16(2)14-26-11-7-19(8-12-26)25-20(23-3)24-15-21(9-10-21)17-5-4-6-18(22)13-17;/h4-6,13,19H,1,7-12,14-15H2,2-3H3,(H2,23,24,25);1H. The van der Waals surface area contributed by atoms with E-state index in [9.17, 15) is 0 Å². The van der Waals surface area contributed by atoms with E-state index in [0.717, 1.165) is 50.0 Å². The largest absolute Gasteiger partial charge is 0.356 e. The van der Waals surface area contributed by atoms with E-state index in [1.165, 1.54) is 24.0 Å². The van der Waals surface area contributed by atoms with Gasteiger partial charge in [0.1, 0.15) is 0 Å². The van der Waals surface area contributed by atoms with Gasteiger partial charge < -0.3 is 10.6 Å². The van der Waals surface area contributed by atoms with E-state index in [4.69, 9.17) is 11.6 Å². The molecule has 1 heterocycles. The van der Waals surface area contributed by atoms with Crippen LogP contribution < -0.4 is 10.6 Å². The quantitative estimate of drug-likeness (QED) is 0.265. The molecule has 1 aliphatic carbocycles. The molecule has 3 rings (SSSR count). The van der Waals surface area contributed by atoms with Crippen molar-refractivity contribution in [3.63, 3.8) is 0 Å². The third-order valence-corrected chi connectivity index (χ3v) is 5.77. The molecule has 1 saturated heterocycles. The third kappa shape index (κ3) is 6.36. The summed E-state index contributed by atoms with van der Waals surface area (Å²) >= 11 is 6.17. The molecule has 0 amide bonds. The lowest BCUT2D eigenvalue weighted by molar-refractivity contribution is 0.221. The van der Waals surface area contributed by atoms with Crippen LogP contribution in [0.2, 0.25) is 5.02 Å². The number of aliphatic imine (C=N–C) groups is 1. The van der Waals surface area contributed by atoms with Crippen molar-refractivity contribution in [2.24, 2.45) is 4.99 Å². The summed E-state index contributed by atoms with van der Waals surface area (Å²) in [5.74, 6) is 0.914. The predicted molar refractivity (Wildman–Crippen MR) is 127 cm³/mol. The highest BCUT2D eigenvalue weighted by Gasteiger charge is 2.44. The van der Waals surface area contributed by atoms with Gasteiger partial charge >= 0.3 is 0 Å². The molecular weight excluding hydrogens is 471 g/mol. The summed E-state index contributed by atoms with van der Waals surface area (Å²) in [6, 6.07) is 8.76. The Labute approximate surface area is 185 Å². The summed E-state index contributed by atoms with van der Waals surface area (Å²) in [5, 5.41) is 7.97. The number of nitrogens with zero attached hydrogens (tertiary/aromatic N) is 2. The number of halogens is 2. The zero-order chi connectivity index (χ0) is 18.6. The van der Waals surface area contributed by atoms with Gasteiger partial charge in [-0.1, -0.05) is 35.9 Å². The Balaban J connectivity index is 0.00000261. The van der Waals surface area contributed by atoms with Gasteiger partial charge in [-0.15, -0.1) is 24.0 Å². The SMILES string of the molecule is C=C(C)CN1CCC(NC(=NC)NCC2(c3cccc(Cl)c3)CC2)CC1.I. The highest BCUT2D eigenvalue weighted by Crippen LogP contribution is 2.48. The lowest BCUT2D eigenvalue weighted by atomic mass is 9.96. The third-order valence-electron chi connectivity index (χ3n) is 5.53. The van der Waals surface area contributed by atoms with Crippen LogP contribution in [0.4, 0.5) is 0 Å². The first-order valence-corrected chi connectivity index (χ1v) is 9.98. The lowest BCUT2D eigenvalue weighted by Gasteiger charge is -2.33. The molecular formula is C21H32ClIN4. The summed E-state index contributed by atoms with van der Waals surface area (Å²) in [5.41, 5.74) is 2.79. The number of hydrogen-bond donors (Lipinski definition) is 2. The molecule has 1 aromatic rings. The molecule has 0 radical (unpaired) electrons. The lowest BCUT2D eigenvalue weighted by Crippen LogP contribution is -2.50. The molecule has 4 nitrogen and oxygen atoms in total. The topological polar surface area (TPSA) is 39.7 Å². The molecule has 1 aliphatic heterocycles. The first-order chi connectivity index (χ1) is 12.5. The van der Waals surface area contributed by atoms with Crippen LogP contribution in [-0.4, -0.2) is 50.1 Å².